The Morgan fingerprint density at radius 1 is 1.38 bits per heavy atom. The lowest BCUT2D eigenvalue weighted by Gasteiger charge is -2.08. The Morgan fingerprint density at radius 3 is 2.69 bits per heavy atom. The van der Waals surface area contributed by atoms with Gasteiger partial charge in [-0.05, 0) is 12.8 Å². The Bertz CT molecular complexity index is 293. The largest absolute Gasteiger partial charge is 0.331 e. The number of ketones is 2. The van der Waals surface area contributed by atoms with E-state index in [9.17, 15) is 14.4 Å². The molecule has 1 rings (SSSR count). The first kappa shape index (κ1) is 9.57. The molecule has 0 heterocycles. The van der Waals surface area contributed by atoms with Gasteiger partial charge in [-0.1, -0.05) is 5.16 Å². The molecule has 1 aliphatic rings. The summed E-state index contributed by atoms with van der Waals surface area (Å²) in [5, 5.41) is 3.31. The molecule has 0 radical (unpaired) electrons. The van der Waals surface area contributed by atoms with Gasteiger partial charge in [0.1, 0.15) is 5.71 Å². The van der Waals surface area contributed by atoms with E-state index in [0.29, 0.717) is 12.8 Å². The van der Waals surface area contributed by atoms with Crippen LogP contribution in [0.2, 0.25) is 0 Å². The van der Waals surface area contributed by atoms with Crippen molar-refractivity contribution >= 4 is 23.2 Å². The van der Waals surface area contributed by atoms with Gasteiger partial charge >= 0.3 is 5.97 Å². The minimum atomic E-state index is -0.632. The van der Waals surface area contributed by atoms with Gasteiger partial charge in [0.15, 0.2) is 0 Å². The third-order valence-electron chi connectivity index (χ3n) is 1.62. The highest BCUT2D eigenvalue weighted by Crippen LogP contribution is 2.09. The van der Waals surface area contributed by atoms with E-state index in [4.69, 9.17) is 0 Å². The summed E-state index contributed by atoms with van der Waals surface area (Å²) in [6.07, 6.45) is 1.25. The van der Waals surface area contributed by atoms with Crippen LogP contribution in [0.1, 0.15) is 26.2 Å². The average Bonchev–Trinajstić information content (AvgIpc) is 2.07. The lowest BCUT2D eigenvalue weighted by molar-refractivity contribution is -0.141. The number of rotatable bonds is 1. The van der Waals surface area contributed by atoms with Crippen molar-refractivity contribution in [3.63, 3.8) is 0 Å². The number of Topliss-reactive ketones (excluding diaryl/α,β-unsaturated/α-hetero) is 2. The molecule has 13 heavy (non-hydrogen) atoms. The van der Waals surface area contributed by atoms with Crippen molar-refractivity contribution in [3.05, 3.63) is 0 Å². The van der Waals surface area contributed by atoms with Crippen molar-refractivity contribution in [3.8, 4) is 0 Å². The van der Waals surface area contributed by atoms with Gasteiger partial charge in [-0.15, -0.1) is 0 Å². The summed E-state index contributed by atoms with van der Waals surface area (Å²) in [6, 6.07) is 0. The van der Waals surface area contributed by atoms with Crippen molar-refractivity contribution in [2.24, 2.45) is 5.16 Å². The maximum Gasteiger partial charge on any atom is 0.331 e. The summed E-state index contributed by atoms with van der Waals surface area (Å²) in [4.78, 5) is 36.6. The molecule has 1 fully saturated rings. The Morgan fingerprint density at radius 2 is 2.08 bits per heavy atom. The number of carbonyl (C=O) groups is 3. The van der Waals surface area contributed by atoms with Crippen LogP contribution < -0.4 is 0 Å². The number of hydrogen-bond acceptors (Lipinski definition) is 5. The zero-order valence-corrected chi connectivity index (χ0v) is 7.20. The lowest BCUT2D eigenvalue weighted by Crippen LogP contribution is -2.28. The number of nitrogens with zero attached hydrogens (tertiary/aromatic N) is 1. The summed E-state index contributed by atoms with van der Waals surface area (Å²) in [6.45, 7) is 1.18. The molecule has 70 valence electrons. The van der Waals surface area contributed by atoms with Crippen LogP contribution in [0.5, 0.6) is 0 Å². The monoisotopic (exact) mass is 183 g/mol. The third kappa shape index (κ3) is 2.47. The summed E-state index contributed by atoms with van der Waals surface area (Å²) < 4.78 is 0. The number of carbonyl (C=O) groups excluding carboxylic acids is 3. The van der Waals surface area contributed by atoms with Crippen LogP contribution in [-0.2, 0) is 19.2 Å². The molecule has 0 aromatic rings. The van der Waals surface area contributed by atoms with E-state index in [-0.39, 0.29) is 12.1 Å². The van der Waals surface area contributed by atoms with Crippen LogP contribution in [-0.4, -0.2) is 23.2 Å². The van der Waals surface area contributed by atoms with Crippen molar-refractivity contribution in [2.45, 2.75) is 26.2 Å². The minimum Gasteiger partial charge on any atom is -0.318 e. The van der Waals surface area contributed by atoms with Crippen molar-refractivity contribution in [1.82, 2.24) is 0 Å². The normalized spacial score (nSPS) is 20.5. The smallest absolute Gasteiger partial charge is 0.318 e. The van der Waals surface area contributed by atoms with E-state index >= 15 is 0 Å². The number of oxime groups is 1. The second kappa shape index (κ2) is 3.93. The lowest BCUT2D eigenvalue weighted by atomic mass is 9.96. The maximum atomic E-state index is 11.1. The van der Waals surface area contributed by atoms with Crippen LogP contribution in [0.3, 0.4) is 0 Å². The molecule has 5 heteroatoms. The van der Waals surface area contributed by atoms with E-state index in [1.807, 2.05) is 0 Å². The Labute approximate surface area is 74.7 Å². The highest BCUT2D eigenvalue weighted by atomic mass is 16.7. The first-order valence-electron chi connectivity index (χ1n) is 3.93. The predicted octanol–water partition coefficient (Wildman–Crippen LogP) is 0.228. The van der Waals surface area contributed by atoms with E-state index in [0.717, 1.165) is 0 Å². The second-order valence-electron chi connectivity index (χ2n) is 2.73. The average molecular weight is 183 g/mol. The molecular formula is C8H9NO4. The van der Waals surface area contributed by atoms with E-state index in [2.05, 4.69) is 9.99 Å². The van der Waals surface area contributed by atoms with Gasteiger partial charge in [0, 0.05) is 13.3 Å². The van der Waals surface area contributed by atoms with Crippen molar-refractivity contribution in [2.75, 3.05) is 0 Å². The standard InChI is InChI=1S/C8H9NO4/c1-5(10)13-9-6-3-2-4-7(11)8(6)12/h2-4H2,1H3/b9-6-. The molecule has 1 saturated carbocycles. The van der Waals surface area contributed by atoms with Gasteiger partial charge in [-0.25, -0.2) is 4.79 Å². The van der Waals surface area contributed by atoms with Crippen molar-refractivity contribution < 1.29 is 19.2 Å². The summed E-state index contributed by atoms with van der Waals surface area (Å²) in [5.74, 6) is -1.69. The Balaban J connectivity index is 2.68. The van der Waals surface area contributed by atoms with Crippen LogP contribution in [0.15, 0.2) is 5.16 Å². The fourth-order valence-electron chi connectivity index (χ4n) is 1.01. The van der Waals surface area contributed by atoms with E-state index < -0.39 is 17.5 Å². The van der Waals surface area contributed by atoms with Crippen LogP contribution in [0.25, 0.3) is 0 Å². The van der Waals surface area contributed by atoms with Crippen LogP contribution >= 0.6 is 0 Å². The summed E-state index contributed by atoms with van der Waals surface area (Å²) in [7, 11) is 0. The molecule has 0 unspecified atom stereocenters. The third-order valence-corrected chi connectivity index (χ3v) is 1.62. The van der Waals surface area contributed by atoms with Gasteiger partial charge in [0.05, 0.1) is 0 Å². The molecule has 1 aliphatic carbocycles. The SMILES string of the molecule is CC(=O)O/N=C1/CCCC(=O)C1=O. The van der Waals surface area contributed by atoms with Gasteiger partial charge in [0.2, 0.25) is 11.6 Å². The summed E-state index contributed by atoms with van der Waals surface area (Å²) >= 11 is 0. The van der Waals surface area contributed by atoms with E-state index in [1.165, 1.54) is 6.92 Å². The summed E-state index contributed by atoms with van der Waals surface area (Å²) in [5.41, 5.74) is 0.0476. The predicted molar refractivity (Wildman–Crippen MR) is 43.1 cm³/mol. The molecule has 0 aromatic heterocycles. The molecule has 5 nitrogen and oxygen atoms in total. The highest BCUT2D eigenvalue weighted by Gasteiger charge is 2.25. The van der Waals surface area contributed by atoms with Crippen LogP contribution in [0.4, 0.5) is 0 Å². The molecule has 0 bridgehead atoms. The fourth-order valence-corrected chi connectivity index (χ4v) is 1.01. The zero-order valence-electron chi connectivity index (χ0n) is 7.20. The number of hydrogen-bond donors (Lipinski definition) is 0. The molecule has 0 atom stereocenters. The van der Waals surface area contributed by atoms with Gasteiger partial charge in [-0.2, -0.15) is 0 Å². The van der Waals surface area contributed by atoms with Crippen molar-refractivity contribution in [1.29, 1.82) is 0 Å². The zero-order chi connectivity index (χ0) is 9.84. The Kier molecular flexibility index (Phi) is 2.89. The molecular weight excluding hydrogens is 174 g/mol. The van der Waals surface area contributed by atoms with E-state index in [1.54, 1.807) is 0 Å². The second-order valence-corrected chi connectivity index (χ2v) is 2.73. The molecule has 0 spiro atoms. The first-order chi connectivity index (χ1) is 6.11. The van der Waals surface area contributed by atoms with Crippen LogP contribution in [0, 0.1) is 0 Å². The fraction of sp³-hybridized carbons (Fsp3) is 0.500. The molecule has 0 amide bonds. The minimum absolute atomic E-state index is 0.0476. The molecule has 0 aliphatic heterocycles. The first-order valence-corrected chi connectivity index (χ1v) is 3.93. The van der Waals surface area contributed by atoms with Gasteiger partial charge in [-0.3, -0.25) is 9.59 Å². The quantitative estimate of drug-likeness (QED) is 0.331. The molecule has 0 aromatic carbocycles. The maximum absolute atomic E-state index is 11.1. The highest BCUT2D eigenvalue weighted by molar-refractivity contribution is 6.66. The molecule has 0 saturated heterocycles. The Hall–Kier alpha value is -1.52. The topological polar surface area (TPSA) is 72.8 Å². The van der Waals surface area contributed by atoms with Gasteiger partial charge in [0.25, 0.3) is 0 Å². The van der Waals surface area contributed by atoms with Gasteiger partial charge < -0.3 is 4.84 Å². The molecule has 0 N–H and O–H groups in total.